The summed E-state index contributed by atoms with van der Waals surface area (Å²) < 4.78 is 46.5. The number of fused-ring (bicyclic) bond motifs is 2. The highest BCUT2D eigenvalue weighted by atomic mass is 19.4. The monoisotopic (exact) mass is 637 g/mol. The summed E-state index contributed by atoms with van der Waals surface area (Å²) in [6.45, 7) is 9.74. The Labute approximate surface area is 260 Å². The number of hydrogen-bond donors (Lipinski definition) is 4. The Kier molecular flexibility index (Phi) is 9.31. The minimum Gasteiger partial charge on any atom is -0.383 e. The minimum absolute atomic E-state index is 0.0722. The third-order valence-corrected chi connectivity index (χ3v) is 9.67. The first-order valence-corrected chi connectivity index (χ1v) is 14.9. The number of urea groups is 1. The second-order valence-electron chi connectivity index (χ2n) is 14.0. The molecule has 6 atom stereocenters. The zero-order valence-corrected chi connectivity index (χ0v) is 26.3. The van der Waals surface area contributed by atoms with E-state index < -0.39 is 82.5 Å². The molecule has 2 fully saturated rings. The van der Waals surface area contributed by atoms with E-state index in [1.165, 1.54) is 12.0 Å². The molecule has 0 aromatic heterocycles. The quantitative estimate of drug-likeness (QED) is 0.286. The van der Waals surface area contributed by atoms with E-state index in [9.17, 15) is 37.1 Å². The molecule has 1 heterocycles. The van der Waals surface area contributed by atoms with Crippen molar-refractivity contribution < 1.29 is 41.9 Å². The maximum atomic E-state index is 14.4. The van der Waals surface area contributed by atoms with Gasteiger partial charge in [-0.2, -0.15) is 13.2 Å². The molecule has 1 aliphatic heterocycles. The van der Waals surface area contributed by atoms with Crippen molar-refractivity contribution in [2.75, 3.05) is 20.3 Å². The van der Waals surface area contributed by atoms with Crippen LogP contribution in [-0.4, -0.2) is 85.0 Å². The van der Waals surface area contributed by atoms with Crippen LogP contribution in [0.3, 0.4) is 0 Å². The number of nitrogens with zero attached hydrogens (tertiary/aromatic N) is 1. The van der Waals surface area contributed by atoms with E-state index in [0.29, 0.717) is 12.8 Å². The molecule has 0 bridgehead atoms. The maximum Gasteiger partial charge on any atom is 0.416 e. The van der Waals surface area contributed by atoms with E-state index in [4.69, 9.17) is 10.5 Å². The van der Waals surface area contributed by atoms with Gasteiger partial charge >= 0.3 is 12.2 Å². The topological polar surface area (TPSA) is 160 Å². The molecular weight excluding hydrogens is 595 g/mol. The summed E-state index contributed by atoms with van der Waals surface area (Å²) in [4.78, 5) is 65.9. The molecule has 1 aromatic carbocycles. The molecule has 45 heavy (non-hydrogen) atoms. The zero-order valence-electron chi connectivity index (χ0n) is 26.3. The fourth-order valence-electron chi connectivity index (χ4n) is 6.88. The first kappa shape index (κ1) is 34.2. The summed E-state index contributed by atoms with van der Waals surface area (Å²) in [5, 5.41) is 7.35. The predicted molar refractivity (Wildman–Crippen MR) is 156 cm³/mol. The van der Waals surface area contributed by atoms with Crippen molar-refractivity contribution in [3.63, 3.8) is 0 Å². The van der Waals surface area contributed by atoms with Crippen LogP contribution < -0.4 is 21.7 Å². The number of methoxy groups -OCH3 is 1. The molecule has 0 radical (unpaired) electrons. The normalized spacial score (nSPS) is 24.1. The van der Waals surface area contributed by atoms with Gasteiger partial charge in [-0.05, 0) is 52.6 Å². The molecule has 11 nitrogen and oxygen atoms in total. The van der Waals surface area contributed by atoms with Crippen molar-refractivity contribution in [2.24, 2.45) is 34.3 Å². The van der Waals surface area contributed by atoms with Gasteiger partial charge in [0, 0.05) is 13.7 Å². The summed E-state index contributed by atoms with van der Waals surface area (Å²) in [6, 6.07) is 0.923. The lowest BCUT2D eigenvalue weighted by atomic mass is 9.87. The van der Waals surface area contributed by atoms with Crippen molar-refractivity contribution in [3.05, 3.63) is 35.4 Å². The Bertz CT molecular complexity index is 1330. The summed E-state index contributed by atoms with van der Waals surface area (Å²) in [7, 11) is 1.51. The number of hydrogen-bond acceptors (Lipinski definition) is 6. The van der Waals surface area contributed by atoms with Crippen LogP contribution in [-0.2, 0) is 36.8 Å². The summed E-state index contributed by atoms with van der Waals surface area (Å²) in [6.07, 6.45) is -4.38. The third kappa shape index (κ3) is 6.95. The van der Waals surface area contributed by atoms with Gasteiger partial charge < -0.3 is 31.3 Å². The molecule has 1 unspecified atom stereocenters. The first-order valence-electron chi connectivity index (χ1n) is 14.9. The Hall–Kier alpha value is -3.68. The number of likely N-dealkylation sites (tertiary alicyclic amines) is 1. The Balaban J connectivity index is 1.63. The van der Waals surface area contributed by atoms with Crippen LogP contribution in [0.25, 0.3) is 0 Å². The van der Waals surface area contributed by atoms with E-state index in [-0.39, 0.29) is 19.1 Å². The molecule has 4 rings (SSSR count). The van der Waals surface area contributed by atoms with Gasteiger partial charge in [-0.25, -0.2) is 4.79 Å². The van der Waals surface area contributed by atoms with Crippen molar-refractivity contribution in [3.8, 4) is 0 Å². The average molecular weight is 638 g/mol. The van der Waals surface area contributed by atoms with E-state index in [1.54, 1.807) is 5.32 Å². The molecule has 248 valence electrons. The molecule has 3 aliphatic rings. The lowest BCUT2D eigenvalue weighted by Crippen LogP contribution is -2.62. The number of ketones is 1. The smallest absolute Gasteiger partial charge is 0.383 e. The number of amides is 5. The number of nitrogens with two attached hydrogens (primary N) is 1. The number of halogens is 3. The largest absolute Gasteiger partial charge is 0.416 e. The number of carbonyl (C=O) groups is 5. The van der Waals surface area contributed by atoms with Gasteiger partial charge in [0.05, 0.1) is 12.6 Å². The van der Waals surface area contributed by atoms with Gasteiger partial charge in [-0.1, -0.05) is 58.9 Å². The Morgan fingerprint density at radius 3 is 2.09 bits per heavy atom. The van der Waals surface area contributed by atoms with Gasteiger partial charge in [0.2, 0.25) is 11.8 Å². The standard InChI is InChI=1S/C31H42F3N5O6/c1-29(2,3)19(14-45-6)36-28(44)37-21(17-11-15-9-7-8-10-16(15)12-17)27(43)39-13-18-20(30(18,4)5)22(39)26(42)38-24(31(32,33)34)23(40)25(35)41/h7-10,17-22,24H,11-14H2,1-6H3,(H2,35,41)(H,38,42)(H2,36,37,44)/t18-,19+,20-,21-,22-,24?/m0/s1. The molecule has 5 N–H and O–H groups in total. The first-order chi connectivity index (χ1) is 20.8. The number of carbonyl (C=O) groups excluding carboxylic acids is 5. The number of benzene rings is 1. The number of Topliss-reactive ketones (excluding diaryl/α,β-unsaturated/α-hetero) is 1. The summed E-state index contributed by atoms with van der Waals surface area (Å²) in [5.41, 5.74) is 5.99. The second-order valence-corrected chi connectivity index (χ2v) is 14.0. The Morgan fingerprint density at radius 2 is 1.60 bits per heavy atom. The van der Waals surface area contributed by atoms with Crippen LogP contribution >= 0.6 is 0 Å². The van der Waals surface area contributed by atoms with Gasteiger partial charge in [-0.3, -0.25) is 19.2 Å². The number of piperidine rings is 1. The average Bonchev–Trinajstić information content (AvgIpc) is 3.30. The molecule has 1 saturated carbocycles. The summed E-state index contributed by atoms with van der Waals surface area (Å²) >= 11 is 0. The zero-order chi connectivity index (χ0) is 33.6. The highest BCUT2D eigenvalue weighted by Crippen LogP contribution is 2.65. The van der Waals surface area contributed by atoms with E-state index in [1.807, 2.05) is 58.9 Å². The lowest BCUT2D eigenvalue weighted by Gasteiger charge is -2.36. The van der Waals surface area contributed by atoms with Crippen molar-refractivity contribution in [1.82, 2.24) is 20.9 Å². The molecule has 5 amide bonds. The van der Waals surface area contributed by atoms with Crippen molar-refractivity contribution in [1.29, 1.82) is 0 Å². The van der Waals surface area contributed by atoms with Crippen LogP contribution in [0, 0.1) is 28.6 Å². The van der Waals surface area contributed by atoms with Crippen LogP contribution in [0.15, 0.2) is 24.3 Å². The highest BCUT2D eigenvalue weighted by molar-refractivity contribution is 6.38. The van der Waals surface area contributed by atoms with Crippen molar-refractivity contribution in [2.45, 2.75) is 77.8 Å². The fourth-order valence-corrected chi connectivity index (χ4v) is 6.88. The van der Waals surface area contributed by atoms with Gasteiger partial charge in [0.1, 0.15) is 12.1 Å². The highest BCUT2D eigenvalue weighted by Gasteiger charge is 2.70. The third-order valence-electron chi connectivity index (χ3n) is 9.67. The molecule has 14 heteroatoms. The SMILES string of the molecule is COC[C@@H](NC(=O)N[C@H](C(=O)N1C[C@H]2[C@@H]([C@H]1C(=O)NC(C(=O)C(N)=O)C(F)(F)F)C2(C)C)C1Cc2ccccc2C1)C(C)(C)C. The van der Waals surface area contributed by atoms with Crippen LogP contribution in [0.4, 0.5) is 18.0 Å². The van der Waals surface area contributed by atoms with Gasteiger partial charge in [-0.15, -0.1) is 0 Å². The number of rotatable bonds is 10. The van der Waals surface area contributed by atoms with Crippen LogP contribution in [0.1, 0.15) is 45.7 Å². The van der Waals surface area contributed by atoms with Gasteiger partial charge in [0.25, 0.3) is 11.7 Å². The van der Waals surface area contributed by atoms with E-state index >= 15 is 0 Å². The number of nitrogens with one attached hydrogen (secondary N) is 3. The minimum atomic E-state index is -5.29. The predicted octanol–water partition coefficient (Wildman–Crippen LogP) is 1.71. The second kappa shape index (κ2) is 12.3. The van der Waals surface area contributed by atoms with Crippen LogP contribution in [0.5, 0.6) is 0 Å². The van der Waals surface area contributed by atoms with Crippen LogP contribution in [0.2, 0.25) is 0 Å². The fraction of sp³-hybridized carbons (Fsp3) is 0.645. The molecule has 1 aromatic rings. The number of primary amides is 1. The lowest BCUT2D eigenvalue weighted by molar-refractivity contribution is -0.173. The number of alkyl halides is 3. The molecule has 0 spiro atoms. The Morgan fingerprint density at radius 1 is 1.02 bits per heavy atom. The summed E-state index contributed by atoms with van der Waals surface area (Å²) in [5.74, 6) is -6.79. The van der Waals surface area contributed by atoms with Crippen molar-refractivity contribution >= 4 is 29.5 Å². The maximum absolute atomic E-state index is 14.4. The molecule has 1 saturated heterocycles. The van der Waals surface area contributed by atoms with Gasteiger partial charge in [0.15, 0.2) is 6.04 Å². The molecule has 2 aliphatic carbocycles. The number of ether oxygens (including phenoxy) is 1. The van der Waals surface area contributed by atoms with E-state index in [2.05, 4.69) is 10.6 Å². The van der Waals surface area contributed by atoms with E-state index in [0.717, 1.165) is 11.1 Å². The molecular formula is C31H42F3N5O6.